The van der Waals surface area contributed by atoms with Crippen LogP contribution < -0.4 is 5.32 Å². The standard InChI is InChI=1S/C16H14N2O3/c19-16(13-10-12(13)11-6-2-1-3-7-11)17-14-8-4-5-9-15(14)18(20)21/h1-9,12-13H,10H2,(H,17,19)/t12-,13+/m0/s1. The molecule has 1 amide bonds. The van der Waals surface area contributed by atoms with Gasteiger partial charge in [-0.25, -0.2) is 0 Å². The summed E-state index contributed by atoms with van der Waals surface area (Å²) in [4.78, 5) is 22.6. The smallest absolute Gasteiger partial charge is 0.292 e. The van der Waals surface area contributed by atoms with Crippen LogP contribution in [0.3, 0.4) is 0 Å². The number of nitrogens with zero attached hydrogens (tertiary/aromatic N) is 1. The van der Waals surface area contributed by atoms with E-state index in [1.165, 1.54) is 6.07 Å². The third-order valence-electron chi connectivity index (χ3n) is 3.71. The van der Waals surface area contributed by atoms with Gasteiger partial charge in [0.2, 0.25) is 5.91 Å². The van der Waals surface area contributed by atoms with E-state index in [9.17, 15) is 14.9 Å². The fourth-order valence-electron chi connectivity index (χ4n) is 2.52. The summed E-state index contributed by atoms with van der Waals surface area (Å²) in [6.07, 6.45) is 0.788. The molecule has 3 rings (SSSR count). The zero-order valence-corrected chi connectivity index (χ0v) is 11.2. The maximum Gasteiger partial charge on any atom is 0.292 e. The minimum absolute atomic E-state index is 0.0808. The molecule has 0 aliphatic heterocycles. The first-order valence-corrected chi connectivity index (χ1v) is 6.76. The van der Waals surface area contributed by atoms with Crippen molar-refractivity contribution in [3.63, 3.8) is 0 Å². The Hall–Kier alpha value is -2.69. The number of para-hydroxylation sites is 2. The van der Waals surface area contributed by atoms with Crippen molar-refractivity contribution in [1.29, 1.82) is 0 Å². The zero-order chi connectivity index (χ0) is 14.8. The highest BCUT2D eigenvalue weighted by Crippen LogP contribution is 2.48. The quantitative estimate of drug-likeness (QED) is 0.690. The minimum Gasteiger partial charge on any atom is -0.320 e. The molecule has 0 unspecified atom stereocenters. The first-order valence-electron chi connectivity index (χ1n) is 6.76. The Balaban J connectivity index is 1.70. The molecular formula is C16H14N2O3. The Kier molecular flexibility index (Phi) is 3.39. The van der Waals surface area contributed by atoms with E-state index in [0.29, 0.717) is 0 Å². The molecular weight excluding hydrogens is 268 g/mol. The van der Waals surface area contributed by atoms with E-state index in [4.69, 9.17) is 0 Å². The number of nitro benzene ring substituents is 1. The van der Waals surface area contributed by atoms with E-state index < -0.39 is 4.92 Å². The van der Waals surface area contributed by atoms with Gasteiger partial charge in [-0.15, -0.1) is 0 Å². The molecule has 1 aliphatic carbocycles. The molecule has 1 saturated carbocycles. The van der Waals surface area contributed by atoms with Crippen LogP contribution in [0, 0.1) is 16.0 Å². The van der Waals surface area contributed by atoms with Gasteiger partial charge in [-0.1, -0.05) is 42.5 Å². The van der Waals surface area contributed by atoms with Crippen LogP contribution in [0.1, 0.15) is 17.9 Å². The summed E-state index contributed by atoms with van der Waals surface area (Å²) >= 11 is 0. The molecule has 1 fully saturated rings. The van der Waals surface area contributed by atoms with Crippen LogP contribution in [0.4, 0.5) is 11.4 Å². The van der Waals surface area contributed by atoms with Crippen molar-refractivity contribution < 1.29 is 9.72 Å². The van der Waals surface area contributed by atoms with E-state index in [1.54, 1.807) is 18.2 Å². The van der Waals surface area contributed by atoms with Gasteiger partial charge in [0.25, 0.3) is 5.69 Å². The van der Waals surface area contributed by atoms with E-state index in [0.717, 1.165) is 12.0 Å². The molecule has 1 aliphatic rings. The van der Waals surface area contributed by atoms with Crippen molar-refractivity contribution >= 4 is 17.3 Å². The van der Waals surface area contributed by atoms with E-state index in [-0.39, 0.29) is 29.1 Å². The molecule has 1 N–H and O–H groups in total. The summed E-state index contributed by atoms with van der Waals surface area (Å²) in [5, 5.41) is 13.6. The average Bonchev–Trinajstić information content (AvgIpc) is 3.29. The molecule has 0 radical (unpaired) electrons. The lowest BCUT2D eigenvalue weighted by atomic mass is 10.1. The van der Waals surface area contributed by atoms with Gasteiger partial charge in [0.05, 0.1) is 4.92 Å². The van der Waals surface area contributed by atoms with Crippen LogP contribution in [-0.4, -0.2) is 10.8 Å². The summed E-state index contributed by atoms with van der Waals surface area (Å²) in [5.41, 5.74) is 1.31. The lowest BCUT2D eigenvalue weighted by Gasteiger charge is -2.05. The number of rotatable bonds is 4. The van der Waals surface area contributed by atoms with Crippen LogP contribution >= 0.6 is 0 Å². The number of hydrogen-bond donors (Lipinski definition) is 1. The number of anilines is 1. The molecule has 5 heteroatoms. The van der Waals surface area contributed by atoms with Gasteiger partial charge in [-0.2, -0.15) is 0 Å². The van der Waals surface area contributed by atoms with Crippen LogP contribution in [0.2, 0.25) is 0 Å². The van der Waals surface area contributed by atoms with Crippen LogP contribution in [-0.2, 0) is 4.79 Å². The van der Waals surface area contributed by atoms with Gasteiger partial charge < -0.3 is 5.32 Å². The summed E-state index contributed by atoms with van der Waals surface area (Å²) in [6.45, 7) is 0. The Morgan fingerprint density at radius 1 is 1.10 bits per heavy atom. The fourth-order valence-corrected chi connectivity index (χ4v) is 2.52. The Labute approximate surface area is 121 Å². The third-order valence-corrected chi connectivity index (χ3v) is 3.71. The number of amides is 1. The van der Waals surface area contributed by atoms with Gasteiger partial charge in [0.1, 0.15) is 5.69 Å². The predicted octanol–water partition coefficient (Wildman–Crippen LogP) is 3.34. The van der Waals surface area contributed by atoms with Gasteiger partial charge in [-0.05, 0) is 24.0 Å². The number of hydrogen-bond acceptors (Lipinski definition) is 3. The average molecular weight is 282 g/mol. The predicted molar refractivity (Wildman–Crippen MR) is 79.0 cm³/mol. The first kappa shape index (κ1) is 13.3. The maximum absolute atomic E-state index is 12.2. The van der Waals surface area contributed by atoms with Crippen molar-refractivity contribution in [2.75, 3.05) is 5.32 Å². The van der Waals surface area contributed by atoms with E-state index in [2.05, 4.69) is 5.32 Å². The number of benzene rings is 2. The molecule has 0 aromatic heterocycles. The molecule has 0 saturated heterocycles. The number of nitrogens with one attached hydrogen (secondary N) is 1. The number of nitro groups is 1. The highest BCUT2D eigenvalue weighted by Gasteiger charge is 2.44. The highest BCUT2D eigenvalue weighted by molar-refractivity contribution is 5.97. The lowest BCUT2D eigenvalue weighted by molar-refractivity contribution is -0.383. The van der Waals surface area contributed by atoms with Gasteiger partial charge in [0, 0.05) is 12.0 Å². The van der Waals surface area contributed by atoms with Gasteiger partial charge in [0.15, 0.2) is 0 Å². The molecule has 2 atom stereocenters. The van der Waals surface area contributed by atoms with Crippen molar-refractivity contribution in [1.82, 2.24) is 0 Å². The largest absolute Gasteiger partial charge is 0.320 e. The molecule has 106 valence electrons. The second-order valence-electron chi connectivity index (χ2n) is 5.12. The maximum atomic E-state index is 12.2. The summed E-state index contributed by atoms with van der Waals surface area (Å²) in [6, 6.07) is 16.0. The van der Waals surface area contributed by atoms with Crippen LogP contribution in [0.25, 0.3) is 0 Å². The molecule has 21 heavy (non-hydrogen) atoms. The Morgan fingerprint density at radius 3 is 2.48 bits per heavy atom. The topological polar surface area (TPSA) is 72.2 Å². The molecule has 0 bridgehead atoms. The van der Waals surface area contributed by atoms with Gasteiger partial charge >= 0.3 is 0 Å². The third kappa shape index (κ3) is 2.76. The van der Waals surface area contributed by atoms with Gasteiger partial charge in [-0.3, -0.25) is 14.9 Å². The summed E-state index contributed by atoms with van der Waals surface area (Å²) in [5.74, 6) is -0.0423. The minimum atomic E-state index is -0.489. The molecule has 0 heterocycles. The van der Waals surface area contributed by atoms with Crippen molar-refractivity contribution in [2.45, 2.75) is 12.3 Å². The molecule has 2 aromatic rings. The molecule has 0 spiro atoms. The normalized spacial score (nSPS) is 19.8. The molecule has 2 aromatic carbocycles. The number of carbonyl (C=O) groups excluding carboxylic acids is 1. The van der Waals surface area contributed by atoms with Crippen molar-refractivity contribution in [2.24, 2.45) is 5.92 Å². The summed E-state index contributed by atoms with van der Waals surface area (Å²) in [7, 11) is 0. The van der Waals surface area contributed by atoms with Crippen LogP contribution in [0.15, 0.2) is 54.6 Å². The van der Waals surface area contributed by atoms with E-state index in [1.807, 2.05) is 30.3 Å². The monoisotopic (exact) mass is 282 g/mol. The molecule has 5 nitrogen and oxygen atoms in total. The first-order chi connectivity index (χ1) is 10.2. The second kappa shape index (κ2) is 5.36. The zero-order valence-electron chi connectivity index (χ0n) is 11.2. The number of carbonyl (C=O) groups is 1. The van der Waals surface area contributed by atoms with E-state index >= 15 is 0 Å². The Morgan fingerprint density at radius 2 is 1.76 bits per heavy atom. The Bertz CT molecular complexity index is 685. The second-order valence-corrected chi connectivity index (χ2v) is 5.12. The fraction of sp³-hybridized carbons (Fsp3) is 0.188. The van der Waals surface area contributed by atoms with Crippen LogP contribution in [0.5, 0.6) is 0 Å². The SMILES string of the molecule is O=C(Nc1ccccc1[N+](=O)[O-])[C@@H]1C[C@H]1c1ccccc1. The lowest BCUT2D eigenvalue weighted by Crippen LogP contribution is -2.15. The van der Waals surface area contributed by atoms with Crippen molar-refractivity contribution in [3.05, 3.63) is 70.3 Å². The highest BCUT2D eigenvalue weighted by atomic mass is 16.6. The van der Waals surface area contributed by atoms with Crippen molar-refractivity contribution in [3.8, 4) is 0 Å². The summed E-state index contributed by atoms with van der Waals surface area (Å²) < 4.78 is 0.